The van der Waals surface area contributed by atoms with E-state index in [1.165, 1.54) is 50.5 Å². The standard InChI is InChI=1S/C28H40O2/c1-20-21(8-5-10-24(20)29)11-12-22-9-6-16-27(4)23(22)13-14-25(27)28(18-19-28)17-7-15-26(2,3)30/h11-12,23-25,29-30H,1,5-6,8-10,13-14,16-19H2,2-4H3/b21-11-,22-12+. The first kappa shape index (κ1) is 21.9. The van der Waals surface area contributed by atoms with Crippen LogP contribution in [0.25, 0.3) is 0 Å². The van der Waals surface area contributed by atoms with Crippen LogP contribution in [-0.2, 0) is 0 Å². The highest BCUT2D eigenvalue weighted by molar-refractivity contribution is 5.38. The second-order valence-electron chi connectivity index (χ2n) is 11.3. The molecule has 4 aliphatic rings. The molecule has 0 spiro atoms. The van der Waals surface area contributed by atoms with Crippen molar-refractivity contribution < 1.29 is 10.2 Å². The van der Waals surface area contributed by atoms with Crippen LogP contribution in [0.4, 0.5) is 0 Å². The van der Waals surface area contributed by atoms with Crippen LogP contribution in [0.15, 0.2) is 35.5 Å². The first-order valence-electron chi connectivity index (χ1n) is 12.1. The molecule has 0 saturated heterocycles. The van der Waals surface area contributed by atoms with E-state index < -0.39 is 5.60 Å². The number of hydrogen-bond acceptors (Lipinski definition) is 2. The highest BCUT2D eigenvalue weighted by Crippen LogP contribution is 2.69. The van der Waals surface area contributed by atoms with Gasteiger partial charge in [0.25, 0.3) is 0 Å². The molecule has 4 rings (SSSR count). The SMILES string of the molecule is C=C1/C(=C\C=C2/CCCC3(C)C2CCC3C2(CC#CC(C)(C)O)CC2)CCCC1O. The summed E-state index contributed by atoms with van der Waals surface area (Å²) in [5.74, 6) is 7.85. The maximum atomic E-state index is 10.1. The molecule has 0 aliphatic heterocycles. The summed E-state index contributed by atoms with van der Waals surface area (Å²) in [6, 6.07) is 0. The van der Waals surface area contributed by atoms with E-state index in [2.05, 4.69) is 37.5 Å². The van der Waals surface area contributed by atoms with Crippen molar-refractivity contribution in [2.75, 3.05) is 0 Å². The predicted molar refractivity (Wildman–Crippen MR) is 124 cm³/mol. The lowest BCUT2D eigenvalue weighted by molar-refractivity contribution is 0.0817. The van der Waals surface area contributed by atoms with Crippen molar-refractivity contribution in [3.63, 3.8) is 0 Å². The van der Waals surface area contributed by atoms with E-state index in [0.29, 0.717) is 16.7 Å². The molecule has 2 N–H and O–H groups in total. The number of allylic oxidation sites excluding steroid dienone is 3. The molecule has 0 bridgehead atoms. The summed E-state index contributed by atoms with van der Waals surface area (Å²) >= 11 is 0. The normalized spacial score (nSPS) is 38.3. The van der Waals surface area contributed by atoms with Gasteiger partial charge < -0.3 is 10.2 Å². The molecule has 2 nitrogen and oxygen atoms in total. The lowest BCUT2D eigenvalue weighted by Gasteiger charge is -2.45. The molecule has 4 fully saturated rings. The molecule has 4 atom stereocenters. The molecule has 0 aromatic carbocycles. The van der Waals surface area contributed by atoms with E-state index >= 15 is 0 Å². The van der Waals surface area contributed by atoms with Crippen molar-refractivity contribution >= 4 is 0 Å². The van der Waals surface area contributed by atoms with Gasteiger partial charge in [0.1, 0.15) is 5.60 Å². The van der Waals surface area contributed by atoms with E-state index in [-0.39, 0.29) is 6.10 Å². The third-order valence-corrected chi connectivity index (χ3v) is 8.67. The number of hydrogen-bond donors (Lipinski definition) is 2. The number of rotatable bonds is 3. The average molecular weight is 409 g/mol. The summed E-state index contributed by atoms with van der Waals surface area (Å²) in [4.78, 5) is 0. The quantitative estimate of drug-likeness (QED) is 0.554. The van der Waals surface area contributed by atoms with Crippen molar-refractivity contribution in [3.05, 3.63) is 35.5 Å². The van der Waals surface area contributed by atoms with Crippen LogP contribution in [0.1, 0.15) is 91.4 Å². The summed E-state index contributed by atoms with van der Waals surface area (Å²) in [6.07, 6.45) is 17.3. The predicted octanol–water partition coefficient (Wildman–Crippen LogP) is 6.10. The Hall–Kier alpha value is -1.30. The fraction of sp³-hybridized carbons (Fsp3) is 0.714. The maximum absolute atomic E-state index is 10.1. The van der Waals surface area contributed by atoms with Crippen molar-refractivity contribution in [1.29, 1.82) is 0 Å². The number of fused-ring (bicyclic) bond motifs is 1. The Morgan fingerprint density at radius 2 is 1.87 bits per heavy atom. The van der Waals surface area contributed by atoms with Gasteiger partial charge >= 0.3 is 0 Å². The Morgan fingerprint density at radius 1 is 1.10 bits per heavy atom. The van der Waals surface area contributed by atoms with E-state index in [1.54, 1.807) is 19.4 Å². The summed E-state index contributed by atoms with van der Waals surface area (Å²) in [5.41, 5.74) is 3.71. The van der Waals surface area contributed by atoms with Crippen molar-refractivity contribution in [2.24, 2.45) is 22.7 Å². The van der Waals surface area contributed by atoms with E-state index in [4.69, 9.17) is 0 Å². The van der Waals surface area contributed by atoms with Gasteiger partial charge in [0.15, 0.2) is 0 Å². The third-order valence-electron chi connectivity index (χ3n) is 8.67. The highest BCUT2D eigenvalue weighted by atomic mass is 16.3. The molecule has 30 heavy (non-hydrogen) atoms. The minimum absolute atomic E-state index is 0.351. The van der Waals surface area contributed by atoms with Gasteiger partial charge in [-0.2, -0.15) is 0 Å². The van der Waals surface area contributed by atoms with E-state index in [1.807, 2.05) is 0 Å². The summed E-state index contributed by atoms with van der Waals surface area (Å²) in [5, 5.41) is 20.1. The van der Waals surface area contributed by atoms with Crippen LogP contribution in [0.2, 0.25) is 0 Å². The van der Waals surface area contributed by atoms with Crippen LogP contribution in [0.5, 0.6) is 0 Å². The summed E-state index contributed by atoms with van der Waals surface area (Å²) in [7, 11) is 0. The van der Waals surface area contributed by atoms with E-state index in [0.717, 1.165) is 37.2 Å². The minimum atomic E-state index is -0.886. The Bertz CT molecular complexity index is 808. The third kappa shape index (κ3) is 4.21. The van der Waals surface area contributed by atoms with Gasteiger partial charge in [-0.3, -0.25) is 0 Å². The second-order valence-corrected chi connectivity index (χ2v) is 11.3. The molecule has 0 amide bonds. The largest absolute Gasteiger partial charge is 0.388 e. The topological polar surface area (TPSA) is 40.5 Å². The first-order valence-corrected chi connectivity index (χ1v) is 12.1. The molecule has 0 radical (unpaired) electrons. The number of aliphatic hydroxyl groups excluding tert-OH is 1. The molecule has 0 aromatic rings. The lowest BCUT2D eigenvalue weighted by atomic mass is 9.59. The highest BCUT2D eigenvalue weighted by Gasteiger charge is 2.60. The minimum Gasteiger partial charge on any atom is -0.388 e. The monoisotopic (exact) mass is 408 g/mol. The molecule has 0 heterocycles. The van der Waals surface area contributed by atoms with Gasteiger partial charge in [-0.1, -0.05) is 43.1 Å². The molecule has 164 valence electrons. The lowest BCUT2D eigenvalue weighted by Crippen LogP contribution is -2.37. The van der Waals surface area contributed by atoms with Crippen LogP contribution in [0.3, 0.4) is 0 Å². The Kier molecular flexibility index (Phi) is 5.84. The van der Waals surface area contributed by atoms with Gasteiger partial charge in [-0.25, -0.2) is 0 Å². The van der Waals surface area contributed by atoms with Crippen LogP contribution in [-0.4, -0.2) is 21.9 Å². The first-order chi connectivity index (χ1) is 14.1. The molecular formula is C28H40O2. The van der Waals surface area contributed by atoms with Crippen molar-refractivity contribution in [2.45, 2.75) is 103 Å². The summed E-state index contributed by atoms with van der Waals surface area (Å²) in [6.45, 7) is 10.3. The zero-order chi connectivity index (χ0) is 21.6. The maximum Gasteiger partial charge on any atom is 0.119 e. The van der Waals surface area contributed by atoms with Crippen LogP contribution < -0.4 is 0 Å². The average Bonchev–Trinajstić information content (AvgIpc) is 3.35. The van der Waals surface area contributed by atoms with Crippen LogP contribution >= 0.6 is 0 Å². The van der Waals surface area contributed by atoms with Gasteiger partial charge in [-0.15, -0.1) is 0 Å². The van der Waals surface area contributed by atoms with Crippen LogP contribution in [0, 0.1) is 34.5 Å². The Balaban J connectivity index is 1.52. The molecular weight excluding hydrogens is 368 g/mol. The van der Waals surface area contributed by atoms with Gasteiger partial charge in [0.05, 0.1) is 6.10 Å². The number of aliphatic hydroxyl groups is 2. The molecule has 0 aromatic heterocycles. The smallest absolute Gasteiger partial charge is 0.119 e. The van der Waals surface area contributed by atoms with E-state index in [9.17, 15) is 10.2 Å². The summed E-state index contributed by atoms with van der Waals surface area (Å²) < 4.78 is 0. The van der Waals surface area contributed by atoms with Gasteiger partial charge in [0.2, 0.25) is 0 Å². The second kappa shape index (κ2) is 7.99. The fourth-order valence-corrected chi connectivity index (χ4v) is 6.92. The van der Waals surface area contributed by atoms with Crippen molar-refractivity contribution in [1.82, 2.24) is 0 Å². The van der Waals surface area contributed by atoms with Gasteiger partial charge in [-0.05, 0) is 112 Å². The zero-order valence-corrected chi connectivity index (χ0v) is 19.3. The Morgan fingerprint density at radius 3 is 2.57 bits per heavy atom. The fourth-order valence-electron chi connectivity index (χ4n) is 6.92. The molecule has 4 unspecified atom stereocenters. The molecule has 4 aliphatic carbocycles. The molecule has 4 saturated carbocycles. The van der Waals surface area contributed by atoms with Crippen molar-refractivity contribution in [3.8, 4) is 11.8 Å². The molecule has 2 heteroatoms. The van der Waals surface area contributed by atoms with Gasteiger partial charge in [0, 0.05) is 6.42 Å². The Labute approximate surface area is 183 Å². The zero-order valence-electron chi connectivity index (χ0n) is 19.3.